The maximum atomic E-state index is 2.68. The first-order chi connectivity index (χ1) is 15.1. The summed E-state index contributed by atoms with van der Waals surface area (Å²) in [5.74, 6) is 0. The minimum atomic E-state index is -2.10. The molecule has 32 heavy (non-hydrogen) atoms. The third-order valence-corrected chi connectivity index (χ3v) is 27.9. The average molecular weight is 684 g/mol. The van der Waals surface area contributed by atoms with Crippen molar-refractivity contribution in [2.45, 2.75) is 108 Å². The van der Waals surface area contributed by atoms with Gasteiger partial charge >= 0.3 is 216 Å². The van der Waals surface area contributed by atoms with E-state index in [4.69, 9.17) is 0 Å². The Hall–Kier alpha value is 0.737. The molecule has 0 aliphatic rings. The topological polar surface area (TPSA) is 0 Å². The summed E-state index contributed by atoms with van der Waals surface area (Å²) in [6, 6.07) is 5.36. The van der Waals surface area contributed by atoms with Gasteiger partial charge in [-0.3, -0.25) is 0 Å². The molecule has 2 aromatic heterocycles. The number of benzene rings is 1. The van der Waals surface area contributed by atoms with E-state index in [1.54, 1.807) is 37.1 Å². The van der Waals surface area contributed by atoms with Crippen LogP contribution in [0.4, 0.5) is 0 Å². The van der Waals surface area contributed by atoms with Crippen LogP contribution < -0.4 is 5.79 Å². The van der Waals surface area contributed by atoms with Crippen molar-refractivity contribution in [3.05, 3.63) is 23.3 Å². The Kier molecular flexibility index (Phi) is 9.95. The molecule has 0 bridgehead atoms. The molecular formula is C28H46S2Sn2. The van der Waals surface area contributed by atoms with Crippen molar-refractivity contribution in [1.29, 1.82) is 0 Å². The van der Waals surface area contributed by atoms with Gasteiger partial charge in [0.05, 0.1) is 0 Å². The number of unbranched alkanes of at least 4 members (excludes halogenated alkanes) is 6. The molecule has 178 valence electrons. The van der Waals surface area contributed by atoms with Crippen molar-refractivity contribution in [2.75, 3.05) is 0 Å². The second-order valence-electron chi connectivity index (χ2n) is 11.8. The van der Waals surface area contributed by atoms with Crippen LogP contribution in [0, 0.1) is 0 Å². The molecule has 0 atom stereocenters. The number of rotatable bonds is 12. The van der Waals surface area contributed by atoms with Gasteiger partial charge in [-0.25, -0.2) is 0 Å². The van der Waals surface area contributed by atoms with E-state index in [2.05, 4.69) is 78.3 Å². The molecule has 0 nitrogen and oxygen atoms in total. The quantitative estimate of drug-likeness (QED) is 0.132. The molecule has 0 radical (unpaired) electrons. The zero-order valence-electron chi connectivity index (χ0n) is 22.0. The van der Waals surface area contributed by atoms with E-state index >= 15 is 0 Å². The van der Waals surface area contributed by atoms with Crippen LogP contribution >= 0.6 is 22.7 Å². The van der Waals surface area contributed by atoms with Gasteiger partial charge in [0.15, 0.2) is 0 Å². The monoisotopic (exact) mass is 686 g/mol. The third kappa shape index (κ3) is 6.49. The third-order valence-electron chi connectivity index (χ3n) is 6.70. The fraction of sp³-hybridized carbons (Fsp3) is 0.643. The molecule has 3 rings (SSSR count). The van der Waals surface area contributed by atoms with E-state index in [1.165, 1.54) is 64.2 Å². The molecule has 2 heterocycles. The number of hydrogen-bond donors (Lipinski definition) is 0. The first-order valence-corrected chi connectivity index (χ1v) is 34.7. The maximum absolute atomic E-state index is 2.68. The average Bonchev–Trinajstić information content (AvgIpc) is 3.34. The fourth-order valence-electron chi connectivity index (χ4n) is 4.62. The van der Waals surface area contributed by atoms with Crippen LogP contribution in [-0.4, -0.2) is 36.8 Å². The summed E-state index contributed by atoms with van der Waals surface area (Å²) < 4.78 is 6.89. The SMILES string of the molecule is CCCCCCc1c2c[c]([Sn]([CH3])([CH3])[CH3])sc2c(CCCCCC)c2c[c]([Sn]([CH3])([CH3])[CH3])sc12. The van der Waals surface area contributed by atoms with Crippen LogP contribution in [0.5, 0.6) is 0 Å². The van der Waals surface area contributed by atoms with Crippen LogP contribution in [0.25, 0.3) is 20.2 Å². The van der Waals surface area contributed by atoms with Gasteiger partial charge in [0.2, 0.25) is 0 Å². The molecule has 1 aromatic carbocycles. The number of hydrogen-bond acceptors (Lipinski definition) is 2. The summed E-state index contributed by atoms with van der Waals surface area (Å²) in [4.78, 5) is 15.6. The van der Waals surface area contributed by atoms with Gasteiger partial charge < -0.3 is 0 Å². The van der Waals surface area contributed by atoms with Gasteiger partial charge in [0.1, 0.15) is 0 Å². The Morgan fingerprint density at radius 1 is 0.562 bits per heavy atom. The molecule has 0 N–H and O–H groups in total. The standard InChI is InChI=1S/C22H28S2.6CH3.2Sn/c1-3-5-7-9-11-17-19-13-15-24-22(19)18(12-10-8-6-4-2)20-14-16-23-21(17)20;;;;;;;;/h13-14H,3-12H2,1-2H3;6*1H3;;. The molecule has 0 fully saturated rings. The van der Waals surface area contributed by atoms with Crippen LogP contribution in [0.3, 0.4) is 0 Å². The van der Waals surface area contributed by atoms with Crippen LogP contribution in [0.1, 0.15) is 76.3 Å². The van der Waals surface area contributed by atoms with E-state index < -0.39 is 36.8 Å². The van der Waals surface area contributed by atoms with E-state index in [0.717, 1.165) is 0 Å². The number of fused-ring (bicyclic) bond motifs is 2. The van der Waals surface area contributed by atoms with Gasteiger partial charge in [-0.1, -0.05) is 0 Å². The van der Waals surface area contributed by atoms with Crippen molar-refractivity contribution in [1.82, 2.24) is 0 Å². The molecular weight excluding hydrogens is 638 g/mol. The summed E-state index contributed by atoms with van der Waals surface area (Å²) in [6.07, 6.45) is 13.4. The van der Waals surface area contributed by atoms with E-state index in [1.807, 2.05) is 0 Å². The van der Waals surface area contributed by atoms with Gasteiger partial charge in [0, 0.05) is 0 Å². The van der Waals surface area contributed by atoms with E-state index in [0.29, 0.717) is 0 Å². The molecule has 0 spiro atoms. The molecule has 4 heteroatoms. The molecule has 0 aliphatic carbocycles. The van der Waals surface area contributed by atoms with Gasteiger partial charge in [-0.2, -0.15) is 0 Å². The normalized spacial score (nSPS) is 13.0. The molecule has 0 saturated carbocycles. The second-order valence-corrected chi connectivity index (χ2v) is 44.7. The number of thiophene rings is 2. The molecule has 0 aliphatic heterocycles. The zero-order valence-corrected chi connectivity index (χ0v) is 29.4. The number of aryl methyl sites for hydroxylation is 2. The van der Waals surface area contributed by atoms with E-state index in [-0.39, 0.29) is 0 Å². The van der Waals surface area contributed by atoms with Gasteiger partial charge in [-0.05, 0) is 0 Å². The molecule has 0 amide bonds. The fourth-order valence-corrected chi connectivity index (χ4v) is 17.6. The first-order valence-electron chi connectivity index (χ1n) is 13.1. The Bertz CT molecular complexity index is 891. The molecule has 0 unspecified atom stereocenters. The predicted molar refractivity (Wildman–Crippen MR) is 159 cm³/mol. The summed E-state index contributed by atoms with van der Waals surface area (Å²) in [5, 5.41) is 3.31. The predicted octanol–water partition coefficient (Wildman–Crippen LogP) is 9.45. The summed E-state index contributed by atoms with van der Waals surface area (Å²) in [5.41, 5.74) is 3.43. The van der Waals surface area contributed by atoms with Crippen molar-refractivity contribution in [3.8, 4) is 0 Å². The Morgan fingerprint density at radius 3 is 1.25 bits per heavy atom. The van der Waals surface area contributed by atoms with Gasteiger partial charge in [-0.15, -0.1) is 0 Å². The van der Waals surface area contributed by atoms with Crippen LogP contribution in [0.15, 0.2) is 12.1 Å². The van der Waals surface area contributed by atoms with Crippen molar-refractivity contribution >= 4 is 85.4 Å². The zero-order chi connectivity index (χ0) is 23.5. The van der Waals surface area contributed by atoms with Crippen molar-refractivity contribution in [2.24, 2.45) is 0 Å². The van der Waals surface area contributed by atoms with Crippen LogP contribution in [0.2, 0.25) is 29.6 Å². The molecule has 3 aromatic rings. The minimum absolute atomic E-state index is 1.28. The molecule has 0 saturated heterocycles. The Balaban J connectivity index is 2.21. The van der Waals surface area contributed by atoms with Crippen molar-refractivity contribution in [3.63, 3.8) is 0 Å². The van der Waals surface area contributed by atoms with Crippen LogP contribution in [-0.2, 0) is 12.8 Å². The summed E-state index contributed by atoms with van der Waals surface area (Å²) in [7, 11) is 0. The summed E-state index contributed by atoms with van der Waals surface area (Å²) >= 11 is 0.195. The van der Waals surface area contributed by atoms with Gasteiger partial charge in [0.25, 0.3) is 0 Å². The Labute approximate surface area is 214 Å². The first kappa shape index (κ1) is 27.3. The Morgan fingerprint density at radius 2 is 0.938 bits per heavy atom. The second kappa shape index (κ2) is 11.6. The van der Waals surface area contributed by atoms with Crippen molar-refractivity contribution < 1.29 is 0 Å². The van der Waals surface area contributed by atoms with E-state index in [9.17, 15) is 0 Å². The summed E-state index contributed by atoms with van der Waals surface area (Å²) in [6.45, 7) is 4.65.